The third-order valence-corrected chi connectivity index (χ3v) is 3.18. The van der Waals surface area contributed by atoms with E-state index >= 15 is 0 Å². The van der Waals surface area contributed by atoms with Crippen LogP contribution in [0.5, 0.6) is 0 Å². The zero-order valence-corrected chi connectivity index (χ0v) is 11.2. The van der Waals surface area contributed by atoms with E-state index in [1.54, 1.807) is 0 Å². The lowest BCUT2D eigenvalue weighted by molar-refractivity contribution is 0.145. The first-order chi connectivity index (χ1) is 7.22. The summed E-state index contributed by atoms with van der Waals surface area (Å²) in [5.41, 5.74) is 1.30. The number of rotatable bonds is 6. The van der Waals surface area contributed by atoms with Crippen LogP contribution in [0, 0.1) is 0 Å². The molecule has 0 N–H and O–H groups in total. The van der Waals surface area contributed by atoms with Gasteiger partial charge in [0.15, 0.2) is 0 Å². The van der Waals surface area contributed by atoms with Crippen molar-refractivity contribution in [3.05, 3.63) is 34.9 Å². The Balaban J connectivity index is 2.31. The molecule has 1 aromatic rings. The van der Waals surface area contributed by atoms with E-state index in [4.69, 9.17) is 16.3 Å². The number of alkyl halides is 1. The molecule has 1 aromatic carbocycles. The molecule has 0 amide bonds. The second-order valence-electron chi connectivity index (χ2n) is 3.41. The molecule has 0 saturated heterocycles. The highest BCUT2D eigenvalue weighted by atomic mass is 79.9. The van der Waals surface area contributed by atoms with Gasteiger partial charge in [0.2, 0.25) is 0 Å². The lowest BCUT2D eigenvalue weighted by Gasteiger charge is -2.09. The van der Waals surface area contributed by atoms with E-state index < -0.39 is 0 Å². The summed E-state index contributed by atoms with van der Waals surface area (Å²) in [6, 6.07) is 7.99. The molecular weight excluding hydrogens is 275 g/mol. The van der Waals surface area contributed by atoms with Crippen molar-refractivity contribution >= 4 is 27.5 Å². The Morgan fingerprint density at radius 1 is 1.33 bits per heavy atom. The largest absolute Gasteiger partial charge is 0.382 e. The van der Waals surface area contributed by atoms with Gasteiger partial charge in [-0.25, -0.2) is 0 Å². The average Bonchev–Trinajstić information content (AvgIpc) is 2.22. The zero-order chi connectivity index (χ0) is 11.1. The van der Waals surface area contributed by atoms with E-state index in [1.165, 1.54) is 5.56 Å². The summed E-state index contributed by atoms with van der Waals surface area (Å²) in [5, 5.41) is 0.791. The maximum Gasteiger partial charge on any atom is 0.0476 e. The lowest BCUT2D eigenvalue weighted by atomic mass is 10.1. The second kappa shape index (κ2) is 7.26. The highest BCUT2D eigenvalue weighted by Gasteiger charge is 2.05. The summed E-state index contributed by atoms with van der Waals surface area (Å²) in [7, 11) is 0. The van der Waals surface area contributed by atoms with Crippen LogP contribution >= 0.6 is 27.5 Å². The summed E-state index contributed by atoms with van der Waals surface area (Å²) in [6.07, 6.45) is 2.06. The Morgan fingerprint density at radius 2 is 2.00 bits per heavy atom. The van der Waals surface area contributed by atoms with E-state index in [2.05, 4.69) is 28.1 Å². The fourth-order valence-electron chi connectivity index (χ4n) is 1.33. The van der Waals surface area contributed by atoms with E-state index in [9.17, 15) is 0 Å². The smallest absolute Gasteiger partial charge is 0.0476 e. The van der Waals surface area contributed by atoms with Gasteiger partial charge in [-0.2, -0.15) is 0 Å². The van der Waals surface area contributed by atoms with Crippen LogP contribution in [0.2, 0.25) is 5.02 Å². The topological polar surface area (TPSA) is 9.23 Å². The molecule has 1 nitrogen and oxygen atoms in total. The first kappa shape index (κ1) is 13.0. The summed E-state index contributed by atoms with van der Waals surface area (Å²) >= 11 is 9.47. The van der Waals surface area contributed by atoms with Crippen LogP contribution in [-0.4, -0.2) is 18.0 Å². The number of hydrogen-bond donors (Lipinski definition) is 0. The van der Waals surface area contributed by atoms with Crippen molar-refractivity contribution in [3.8, 4) is 0 Å². The van der Waals surface area contributed by atoms with E-state index in [-0.39, 0.29) is 0 Å². The minimum Gasteiger partial charge on any atom is -0.382 e. The predicted molar refractivity (Wildman–Crippen MR) is 69.0 cm³/mol. The van der Waals surface area contributed by atoms with Gasteiger partial charge in [0, 0.05) is 23.1 Å². The summed E-state index contributed by atoms with van der Waals surface area (Å²) < 4.78 is 5.31. The van der Waals surface area contributed by atoms with Crippen LogP contribution in [0.25, 0.3) is 0 Å². The Kier molecular flexibility index (Phi) is 6.30. The summed E-state index contributed by atoms with van der Waals surface area (Å²) in [4.78, 5) is 0.477. The second-order valence-corrected chi connectivity index (χ2v) is 5.14. The van der Waals surface area contributed by atoms with Crippen molar-refractivity contribution in [2.45, 2.75) is 24.6 Å². The van der Waals surface area contributed by atoms with Gasteiger partial charge in [0.1, 0.15) is 0 Å². The number of ether oxygens (including phenoxy) is 1. The average molecular weight is 292 g/mol. The molecule has 1 rings (SSSR count). The van der Waals surface area contributed by atoms with Crippen molar-refractivity contribution < 1.29 is 4.74 Å². The van der Waals surface area contributed by atoms with Gasteiger partial charge in [0.05, 0.1) is 0 Å². The van der Waals surface area contributed by atoms with Gasteiger partial charge in [-0.05, 0) is 37.5 Å². The molecule has 1 unspecified atom stereocenters. The SMILES string of the molecule is CCOCCC(Br)Cc1ccc(Cl)cc1. The van der Waals surface area contributed by atoms with Gasteiger partial charge in [0.25, 0.3) is 0 Å². The van der Waals surface area contributed by atoms with Crippen molar-refractivity contribution in [3.63, 3.8) is 0 Å². The van der Waals surface area contributed by atoms with Gasteiger partial charge in [-0.3, -0.25) is 0 Å². The number of benzene rings is 1. The molecule has 84 valence electrons. The van der Waals surface area contributed by atoms with E-state index in [1.807, 2.05) is 19.1 Å². The zero-order valence-electron chi connectivity index (χ0n) is 8.88. The maximum absolute atomic E-state index is 5.82. The van der Waals surface area contributed by atoms with Gasteiger partial charge in [-0.1, -0.05) is 39.7 Å². The fourth-order valence-corrected chi connectivity index (χ4v) is 2.02. The van der Waals surface area contributed by atoms with E-state index in [0.29, 0.717) is 4.83 Å². The standard InChI is InChI=1S/C12H16BrClO/c1-2-15-8-7-11(13)9-10-3-5-12(14)6-4-10/h3-6,11H,2,7-9H2,1H3. The normalized spacial score (nSPS) is 12.7. The Labute approximate surface area is 105 Å². The van der Waals surface area contributed by atoms with Crippen LogP contribution in [0.4, 0.5) is 0 Å². The Bertz CT molecular complexity index is 273. The molecule has 0 fully saturated rings. The van der Waals surface area contributed by atoms with Crippen LogP contribution in [-0.2, 0) is 11.2 Å². The quantitative estimate of drug-likeness (QED) is 0.567. The summed E-state index contributed by atoms with van der Waals surface area (Å²) in [5.74, 6) is 0. The molecule has 0 aliphatic rings. The molecule has 1 atom stereocenters. The molecule has 0 aliphatic carbocycles. The molecule has 0 aliphatic heterocycles. The lowest BCUT2D eigenvalue weighted by Crippen LogP contribution is -2.07. The van der Waals surface area contributed by atoms with Crippen molar-refractivity contribution in [2.75, 3.05) is 13.2 Å². The van der Waals surface area contributed by atoms with Gasteiger partial charge < -0.3 is 4.74 Å². The van der Waals surface area contributed by atoms with E-state index in [0.717, 1.165) is 31.1 Å². The molecule has 3 heteroatoms. The number of halogens is 2. The molecular formula is C12H16BrClO. The Hall–Kier alpha value is -0.0500. The highest BCUT2D eigenvalue weighted by Crippen LogP contribution is 2.16. The monoisotopic (exact) mass is 290 g/mol. The number of hydrogen-bond acceptors (Lipinski definition) is 1. The summed E-state index contributed by atoms with van der Waals surface area (Å²) in [6.45, 7) is 3.63. The molecule has 15 heavy (non-hydrogen) atoms. The minimum absolute atomic E-state index is 0.477. The first-order valence-corrected chi connectivity index (χ1v) is 6.48. The molecule has 0 heterocycles. The van der Waals surface area contributed by atoms with Crippen molar-refractivity contribution in [1.82, 2.24) is 0 Å². The maximum atomic E-state index is 5.82. The molecule has 0 aromatic heterocycles. The molecule has 0 bridgehead atoms. The van der Waals surface area contributed by atoms with Gasteiger partial charge >= 0.3 is 0 Å². The fraction of sp³-hybridized carbons (Fsp3) is 0.500. The minimum atomic E-state index is 0.477. The third-order valence-electron chi connectivity index (χ3n) is 2.15. The molecule has 0 saturated carbocycles. The third kappa shape index (κ3) is 5.55. The van der Waals surface area contributed by atoms with Crippen LogP contribution in [0.15, 0.2) is 24.3 Å². The van der Waals surface area contributed by atoms with Crippen molar-refractivity contribution in [2.24, 2.45) is 0 Å². The van der Waals surface area contributed by atoms with Crippen molar-refractivity contribution in [1.29, 1.82) is 0 Å². The molecule has 0 radical (unpaired) electrons. The predicted octanol–water partition coefficient (Wildman–Crippen LogP) is 4.07. The van der Waals surface area contributed by atoms with Crippen LogP contribution < -0.4 is 0 Å². The van der Waals surface area contributed by atoms with Crippen LogP contribution in [0.1, 0.15) is 18.9 Å². The van der Waals surface area contributed by atoms with Gasteiger partial charge in [-0.15, -0.1) is 0 Å². The van der Waals surface area contributed by atoms with Crippen LogP contribution in [0.3, 0.4) is 0 Å². The first-order valence-electron chi connectivity index (χ1n) is 5.18. The molecule has 0 spiro atoms. The highest BCUT2D eigenvalue weighted by molar-refractivity contribution is 9.09. The Morgan fingerprint density at radius 3 is 2.60 bits per heavy atom.